The van der Waals surface area contributed by atoms with E-state index in [0.717, 1.165) is 0 Å². The van der Waals surface area contributed by atoms with E-state index < -0.39 is 18.9 Å². The van der Waals surface area contributed by atoms with Crippen molar-refractivity contribution in [2.75, 3.05) is 12.8 Å². The van der Waals surface area contributed by atoms with Gasteiger partial charge in [-0.25, -0.2) is 0 Å². The van der Waals surface area contributed by atoms with Crippen LogP contribution in [0.3, 0.4) is 0 Å². The molecule has 4 N–H and O–H groups in total. The molecule has 0 aromatic carbocycles. The van der Waals surface area contributed by atoms with Crippen LogP contribution in [0, 0.1) is 0 Å². The number of nitrogens with two attached hydrogens (primary N) is 1. The molecule has 2 unspecified atom stereocenters. The van der Waals surface area contributed by atoms with Gasteiger partial charge in [0.15, 0.2) is 7.37 Å². The van der Waals surface area contributed by atoms with Crippen molar-refractivity contribution in [2.45, 2.75) is 18.9 Å². The molecule has 5 nitrogen and oxygen atoms in total. The highest BCUT2D eigenvalue weighted by molar-refractivity contribution is 7.57. The highest BCUT2D eigenvalue weighted by Gasteiger charge is 2.29. The van der Waals surface area contributed by atoms with Crippen LogP contribution < -0.4 is 5.73 Å². The Balaban J connectivity index is 4.10. The van der Waals surface area contributed by atoms with E-state index >= 15 is 0 Å². The molecule has 0 aliphatic carbocycles. The van der Waals surface area contributed by atoms with Crippen molar-refractivity contribution in [2.24, 2.45) is 5.73 Å². The molecule has 12 heavy (non-hydrogen) atoms. The number of carboxylic acid groups (broad SMARTS) is 1. The molecule has 0 aromatic heterocycles. The lowest BCUT2D eigenvalue weighted by atomic mass is 10.0. The molecular weight excluding hydrogens is 181 g/mol. The largest absolute Gasteiger partial charge is 0.480 e. The van der Waals surface area contributed by atoms with Gasteiger partial charge in [0.25, 0.3) is 0 Å². The minimum Gasteiger partial charge on any atom is -0.480 e. The van der Waals surface area contributed by atoms with Gasteiger partial charge in [0.1, 0.15) is 5.54 Å². The van der Waals surface area contributed by atoms with Crippen molar-refractivity contribution in [3.63, 3.8) is 0 Å². The van der Waals surface area contributed by atoms with Crippen LogP contribution >= 0.6 is 7.37 Å². The molecule has 0 aliphatic rings. The Hall–Kier alpha value is -0.380. The molecule has 0 amide bonds. The molecule has 0 heterocycles. The lowest BCUT2D eigenvalue weighted by Gasteiger charge is -2.19. The van der Waals surface area contributed by atoms with E-state index in [0.29, 0.717) is 0 Å². The first-order chi connectivity index (χ1) is 5.15. The van der Waals surface area contributed by atoms with Crippen molar-refractivity contribution in [3.05, 3.63) is 0 Å². The van der Waals surface area contributed by atoms with Gasteiger partial charge in [0.05, 0.1) is 0 Å². The van der Waals surface area contributed by atoms with Gasteiger partial charge < -0.3 is 15.7 Å². The topological polar surface area (TPSA) is 101 Å². The third kappa shape index (κ3) is 4.49. The third-order valence-electron chi connectivity index (χ3n) is 1.53. The summed E-state index contributed by atoms with van der Waals surface area (Å²) in [5.74, 6) is -1.16. The van der Waals surface area contributed by atoms with Gasteiger partial charge in [-0.3, -0.25) is 9.36 Å². The summed E-state index contributed by atoms with van der Waals surface area (Å²) in [6, 6.07) is 0. The fourth-order valence-corrected chi connectivity index (χ4v) is 1.43. The Morgan fingerprint density at radius 2 is 2.08 bits per heavy atom. The lowest BCUT2D eigenvalue weighted by Crippen LogP contribution is -2.45. The number of hydrogen-bond donors (Lipinski definition) is 3. The van der Waals surface area contributed by atoms with Crippen molar-refractivity contribution < 1.29 is 19.4 Å². The lowest BCUT2D eigenvalue weighted by molar-refractivity contribution is -0.142. The second-order valence-electron chi connectivity index (χ2n) is 3.25. The van der Waals surface area contributed by atoms with Crippen molar-refractivity contribution in [1.82, 2.24) is 0 Å². The predicted molar refractivity (Wildman–Crippen MR) is 45.5 cm³/mol. The molecule has 0 rings (SSSR count). The van der Waals surface area contributed by atoms with Gasteiger partial charge in [-0.2, -0.15) is 0 Å². The van der Waals surface area contributed by atoms with Crippen LogP contribution in [0.1, 0.15) is 13.3 Å². The second kappa shape index (κ2) is 3.56. The molecule has 0 saturated heterocycles. The SMILES string of the molecule is CC(N)(CCP(C)(=O)O)C(=O)O. The first-order valence-corrected chi connectivity index (χ1v) is 5.76. The van der Waals surface area contributed by atoms with E-state index in [1.807, 2.05) is 0 Å². The van der Waals surface area contributed by atoms with E-state index in [4.69, 9.17) is 15.7 Å². The number of rotatable bonds is 4. The van der Waals surface area contributed by atoms with E-state index in [2.05, 4.69) is 0 Å². The quantitative estimate of drug-likeness (QED) is 0.551. The molecule has 0 saturated carbocycles. The first kappa shape index (κ1) is 11.6. The third-order valence-corrected chi connectivity index (χ3v) is 2.59. The summed E-state index contributed by atoms with van der Waals surface area (Å²) in [7, 11) is -3.15. The molecule has 0 aliphatic heterocycles. The predicted octanol–water partition coefficient (Wildman–Crippen LogP) is 0.0787. The number of carboxylic acids is 1. The normalized spacial score (nSPS) is 21.0. The van der Waals surface area contributed by atoms with Crippen LogP contribution in [-0.2, 0) is 9.36 Å². The smallest absolute Gasteiger partial charge is 0.323 e. The summed E-state index contributed by atoms with van der Waals surface area (Å²) in [5.41, 5.74) is 3.93. The molecule has 6 heteroatoms. The summed E-state index contributed by atoms with van der Waals surface area (Å²) in [6.45, 7) is 2.51. The van der Waals surface area contributed by atoms with Gasteiger partial charge in [0.2, 0.25) is 0 Å². The molecule has 0 spiro atoms. The summed E-state index contributed by atoms with van der Waals surface area (Å²) < 4.78 is 10.8. The van der Waals surface area contributed by atoms with E-state index in [9.17, 15) is 9.36 Å². The Morgan fingerprint density at radius 1 is 1.67 bits per heavy atom. The molecule has 0 radical (unpaired) electrons. The fourth-order valence-electron chi connectivity index (χ4n) is 0.547. The molecular formula is C6H14NO4P. The van der Waals surface area contributed by atoms with Gasteiger partial charge in [0, 0.05) is 12.8 Å². The minimum atomic E-state index is -3.15. The molecule has 0 bridgehead atoms. The zero-order valence-corrected chi connectivity index (χ0v) is 8.04. The average Bonchev–Trinajstić information content (AvgIpc) is 1.82. The van der Waals surface area contributed by atoms with E-state index in [-0.39, 0.29) is 12.6 Å². The maximum Gasteiger partial charge on any atom is 0.323 e. The summed E-state index contributed by atoms with van der Waals surface area (Å²) in [6.07, 6.45) is -0.0566. The van der Waals surface area contributed by atoms with Crippen LogP contribution in [0.15, 0.2) is 0 Å². The van der Waals surface area contributed by atoms with Gasteiger partial charge in [-0.1, -0.05) is 0 Å². The van der Waals surface area contributed by atoms with Crippen LogP contribution in [0.25, 0.3) is 0 Å². The molecule has 2 atom stereocenters. The monoisotopic (exact) mass is 195 g/mol. The van der Waals surface area contributed by atoms with Crippen molar-refractivity contribution >= 4 is 13.3 Å². The zero-order chi connectivity index (χ0) is 9.99. The van der Waals surface area contributed by atoms with Crippen LogP contribution in [0.5, 0.6) is 0 Å². The molecule has 0 fully saturated rings. The van der Waals surface area contributed by atoms with Crippen LogP contribution in [0.2, 0.25) is 0 Å². The molecule has 0 aromatic rings. The maximum atomic E-state index is 10.8. The van der Waals surface area contributed by atoms with Crippen LogP contribution in [0.4, 0.5) is 0 Å². The second-order valence-corrected chi connectivity index (χ2v) is 5.80. The Morgan fingerprint density at radius 3 is 2.33 bits per heavy atom. The summed E-state index contributed by atoms with van der Waals surface area (Å²) >= 11 is 0. The van der Waals surface area contributed by atoms with Crippen LogP contribution in [-0.4, -0.2) is 34.3 Å². The van der Waals surface area contributed by atoms with Crippen molar-refractivity contribution in [3.8, 4) is 0 Å². The summed E-state index contributed by atoms with van der Waals surface area (Å²) in [5, 5.41) is 8.54. The summed E-state index contributed by atoms with van der Waals surface area (Å²) in [4.78, 5) is 19.3. The number of carbonyl (C=O) groups is 1. The highest BCUT2D eigenvalue weighted by atomic mass is 31.2. The Labute approximate surface area is 71.0 Å². The van der Waals surface area contributed by atoms with Gasteiger partial charge >= 0.3 is 5.97 Å². The average molecular weight is 195 g/mol. The first-order valence-electron chi connectivity index (χ1n) is 3.47. The Bertz CT molecular complexity index is 220. The standard InChI is InChI=1S/C6H14NO4P/c1-6(7,5(8)9)3-4-12(2,10)11/h3-4,7H2,1-2H3,(H,8,9)(H,10,11). The van der Waals surface area contributed by atoms with Gasteiger partial charge in [-0.05, 0) is 13.3 Å². The number of hydrogen-bond acceptors (Lipinski definition) is 3. The molecule has 72 valence electrons. The highest BCUT2D eigenvalue weighted by Crippen LogP contribution is 2.36. The fraction of sp³-hybridized carbons (Fsp3) is 0.833. The van der Waals surface area contributed by atoms with Crippen molar-refractivity contribution in [1.29, 1.82) is 0 Å². The zero-order valence-electron chi connectivity index (χ0n) is 7.15. The minimum absolute atomic E-state index is 0.00656. The maximum absolute atomic E-state index is 10.8. The number of aliphatic carboxylic acids is 1. The van der Waals surface area contributed by atoms with E-state index in [1.165, 1.54) is 13.6 Å². The van der Waals surface area contributed by atoms with Gasteiger partial charge in [-0.15, -0.1) is 0 Å². The van der Waals surface area contributed by atoms with E-state index in [1.54, 1.807) is 0 Å². The Kier molecular flexibility index (Phi) is 3.45.